The molecule has 28 heavy (non-hydrogen) atoms. The molecule has 8 N–H and O–H groups in total. The highest BCUT2D eigenvalue weighted by Crippen LogP contribution is 2.06. The average molecular weight is 404 g/mol. The molecule has 0 aliphatic heterocycles. The summed E-state index contributed by atoms with van der Waals surface area (Å²) in [4.78, 5) is 58.4. The first-order valence-corrected chi connectivity index (χ1v) is 8.61. The lowest BCUT2D eigenvalue weighted by atomic mass is 10.0. The molecule has 0 rings (SSSR count). The predicted octanol–water partition coefficient (Wildman–Crippen LogP) is -2.61. The summed E-state index contributed by atoms with van der Waals surface area (Å²) in [5.41, 5.74) is 5.21. The van der Waals surface area contributed by atoms with Crippen LogP contribution in [0.1, 0.15) is 33.6 Å². The highest BCUT2D eigenvalue weighted by Gasteiger charge is 2.32. The summed E-state index contributed by atoms with van der Waals surface area (Å²) in [5.74, 6) is -5.50. The molecule has 0 bridgehead atoms. The quantitative estimate of drug-likeness (QED) is 0.181. The number of nitrogens with two attached hydrogens (primary N) is 1. The van der Waals surface area contributed by atoms with Crippen molar-refractivity contribution in [2.45, 2.75) is 57.8 Å². The molecule has 12 nitrogen and oxygen atoms in total. The zero-order valence-electron chi connectivity index (χ0n) is 16.0. The molecule has 12 heteroatoms. The van der Waals surface area contributed by atoms with Crippen LogP contribution in [0.5, 0.6) is 0 Å². The van der Waals surface area contributed by atoms with Crippen LogP contribution in [0.4, 0.5) is 0 Å². The first kappa shape index (κ1) is 25.3. The van der Waals surface area contributed by atoms with Gasteiger partial charge < -0.3 is 37.0 Å². The van der Waals surface area contributed by atoms with Crippen molar-refractivity contribution in [3.63, 3.8) is 0 Å². The van der Waals surface area contributed by atoms with Gasteiger partial charge in [-0.25, -0.2) is 4.79 Å². The first-order valence-electron chi connectivity index (χ1n) is 8.61. The zero-order valence-corrected chi connectivity index (χ0v) is 16.0. The van der Waals surface area contributed by atoms with Crippen LogP contribution in [-0.4, -0.2) is 75.8 Å². The second-order valence-corrected chi connectivity index (χ2v) is 6.68. The van der Waals surface area contributed by atoms with Crippen molar-refractivity contribution in [1.82, 2.24) is 16.0 Å². The number of hydrogen-bond acceptors (Lipinski definition) is 7. The van der Waals surface area contributed by atoms with Gasteiger partial charge in [0, 0.05) is 0 Å². The second-order valence-electron chi connectivity index (χ2n) is 6.68. The van der Waals surface area contributed by atoms with E-state index in [0.717, 1.165) is 6.92 Å². The van der Waals surface area contributed by atoms with Crippen molar-refractivity contribution in [1.29, 1.82) is 0 Å². The van der Waals surface area contributed by atoms with Gasteiger partial charge in [-0.1, -0.05) is 13.8 Å². The lowest BCUT2D eigenvalue weighted by molar-refractivity contribution is -0.146. The van der Waals surface area contributed by atoms with E-state index in [9.17, 15) is 29.1 Å². The van der Waals surface area contributed by atoms with E-state index in [1.54, 1.807) is 13.8 Å². The molecule has 0 spiro atoms. The van der Waals surface area contributed by atoms with E-state index < -0.39 is 60.3 Å². The van der Waals surface area contributed by atoms with E-state index in [-0.39, 0.29) is 18.9 Å². The summed E-state index contributed by atoms with van der Waals surface area (Å²) in [6, 6.07) is -4.37. The molecule has 0 fully saturated rings. The van der Waals surface area contributed by atoms with Crippen LogP contribution in [0.25, 0.3) is 0 Å². The van der Waals surface area contributed by atoms with Crippen molar-refractivity contribution in [2.24, 2.45) is 11.7 Å². The summed E-state index contributed by atoms with van der Waals surface area (Å²) in [7, 11) is 0. The molecule has 0 aromatic carbocycles. The predicted molar refractivity (Wildman–Crippen MR) is 95.9 cm³/mol. The normalized spacial score (nSPS) is 15.1. The molecule has 0 aromatic rings. The molecule has 0 aromatic heterocycles. The van der Waals surface area contributed by atoms with Crippen molar-refractivity contribution >= 4 is 29.7 Å². The second kappa shape index (κ2) is 11.9. The van der Waals surface area contributed by atoms with Crippen molar-refractivity contribution in [2.75, 3.05) is 6.54 Å². The number of rotatable bonds is 12. The van der Waals surface area contributed by atoms with Crippen LogP contribution < -0.4 is 21.7 Å². The molecule has 4 atom stereocenters. The molecule has 0 aliphatic rings. The van der Waals surface area contributed by atoms with Crippen molar-refractivity contribution in [3.8, 4) is 0 Å². The fourth-order valence-corrected chi connectivity index (χ4v) is 2.25. The van der Waals surface area contributed by atoms with E-state index in [2.05, 4.69) is 10.6 Å². The van der Waals surface area contributed by atoms with Gasteiger partial charge in [-0.2, -0.15) is 0 Å². The minimum absolute atomic E-state index is 0.0211. The van der Waals surface area contributed by atoms with Gasteiger partial charge >= 0.3 is 11.9 Å². The third-order valence-corrected chi connectivity index (χ3v) is 3.60. The maximum absolute atomic E-state index is 12.5. The molecule has 0 saturated heterocycles. The highest BCUT2D eigenvalue weighted by atomic mass is 16.4. The van der Waals surface area contributed by atoms with Gasteiger partial charge in [-0.15, -0.1) is 0 Å². The Hall–Kier alpha value is -2.73. The number of carboxylic acids is 2. The summed E-state index contributed by atoms with van der Waals surface area (Å²) in [6.45, 7) is 4.34. The SMILES string of the molecule is CC(C)CC(NC(=O)CN)C(=O)NC(CC(=O)O)C(=O)NC(C(=O)O)C(C)O. The van der Waals surface area contributed by atoms with Crippen LogP contribution in [0.3, 0.4) is 0 Å². The van der Waals surface area contributed by atoms with Crippen molar-refractivity contribution < 1.29 is 39.3 Å². The number of amides is 3. The molecule has 0 radical (unpaired) electrons. The maximum atomic E-state index is 12.5. The molecular formula is C16H28N4O8. The Morgan fingerprint density at radius 1 is 0.893 bits per heavy atom. The van der Waals surface area contributed by atoms with E-state index in [4.69, 9.17) is 15.9 Å². The van der Waals surface area contributed by atoms with Gasteiger partial charge in [-0.05, 0) is 19.3 Å². The Labute approximate surface area is 161 Å². The number of carboxylic acid groups (broad SMARTS) is 2. The number of aliphatic hydroxyl groups excluding tert-OH is 1. The van der Waals surface area contributed by atoms with E-state index in [1.807, 2.05) is 5.32 Å². The minimum atomic E-state index is -1.69. The van der Waals surface area contributed by atoms with E-state index in [1.165, 1.54) is 0 Å². The number of nitrogens with one attached hydrogen (secondary N) is 3. The average Bonchev–Trinajstić information content (AvgIpc) is 2.56. The van der Waals surface area contributed by atoms with E-state index in [0.29, 0.717) is 0 Å². The zero-order chi connectivity index (χ0) is 22.0. The number of carbonyl (C=O) groups excluding carboxylic acids is 3. The molecule has 0 saturated carbocycles. The Kier molecular flexibility index (Phi) is 10.7. The Morgan fingerprint density at radius 2 is 1.43 bits per heavy atom. The lowest BCUT2D eigenvalue weighted by Gasteiger charge is -2.25. The fourth-order valence-electron chi connectivity index (χ4n) is 2.25. The summed E-state index contributed by atoms with van der Waals surface area (Å²) < 4.78 is 0. The molecule has 3 amide bonds. The van der Waals surface area contributed by atoms with Gasteiger partial charge in [-0.3, -0.25) is 19.2 Å². The number of aliphatic carboxylic acids is 2. The van der Waals surface area contributed by atoms with E-state index >= 15 is 0 Å². The smallest absolute Gasteiger partial charge is 0.328 e. The van der Waals surface area contributed by atoms with Crippen molar-refractivity contribution in [3.05, 3.63) is 0 Å². The summed E-state index contributed by atoms with van der Waals surface area (Å²) in [5, 5.41) is 34.0. The van der Waals surface area contributed by atoms with Crippen LogP contribution in [0, 0.1) is 5.92 Å². The van der Waals surface area contributed by atoms with Gasteiger partial charge in [0.1, 0.15) is 12.1 Å². The molecule has 0 heterocycles. The van der Waals surface area contributed by atoms with Crippen LogP contribution in [0.2, 0.25) is 0 Å². The summed E-state index contributed by atoms with van der Waals surface area (Å²) in [6.07, 6.45) is -2.09. The third-order valence-electron chi connectivity index (χ3n) is 3.60. The third kappa shape index (κ3) is 9.28. The van der Waals surface area contributed by atoms with Crippen LogP contribution in [-0.2, 0) is 24.0 Å². The Bertz CT molecular complexity index is 593. The van der Waals surface area contributed by atoms with Gasteiger partial charge in [0.05, 0.1) is 19.1 Å². The van der Waals surface area contributed by atoms with Crippen LogP contribution in [0.15, 0.2) is 0 Å². The number of carbonyl (C=O) groups is 5. The van der Waals surface area contributed by atoms with Gasteiger partial charge in [0.2, 0.25) is 17.7 Å². The van der Waals surface area contributed by atoms with Crippen LogP contribution >= 0.6 is 0 Å². The maximum Gasteiger partial charge on any atom is 0.328 e. The minimum Gasteiger partial charge on any atom is -0.481 e. The highest BCUT2D eigenvalue weighted by molar-refractivity contribution is 5.95. The Morgan fingerprint density at radius 3 is 1.82 bits per heavy atom. The largest absolute Gasteiger partial charge is 0.481 e. The van der Waals surface area contributed by atoms with Gasteiger partial charge in [0.25, 0.3) is 0 Å². The van der Waals surface area contributed by atoms with Gasteiger partial charge in [0.15, 0.2) is 6.04 Å². The first-order chi connectivity index (χ1) is 12.9. The molecule has 0 aliphatic carbocycles. The summed E-state index contributed by atoms with van der Waals surface area (Å²) >= 11 is 0. The fraction of sp³-hybridized carbons (Fsp3) is 0.688. The Balaban J connectivity index is 5.38. The number of aliphatic hydroxyl groups is 1. The molecule has 160 valence electrons. The molecular weight excluding hydrogens is 376 g/mol. The topological polar surface area (TPSA) is 208 Å². The molecule has 4 unspecified atom stereocenters. The monoisotopic (exact) mass is 404 g/mol. The standard InChI is InChI=1S/C16H28N4O8/c1-7(2)4-9(18-11(22)6-17)14(25)19-10(5-12(23)24)15(26)20-13(8(3)21)16(27)28/h7-10,13,21H,4-6,17H2,1-3H3,(H,18,22)(H,19,25)(H,20,26)(H,23,24)(H,27,28). The number of hydrogen-bond donors (Lipinski definition) is 7. The lowest BCUT2D eigenvalue weighted by Crippen LogP contribution is -2.58.